The first-order valence-corrected chi connectivity index (χ1v) is 11.1. The van der Waals surface area contributed by atoms with Crippen LogP contribution in [0.15, 0.2) is 59.8 Å². The lowest BCUT2D eigenvalue weighted by molar-refractivity contribution is 0.584. The Morgan fingerprint density at radius 1 is 1.14 bits per heavy atom. The summed E-state index contributed by atoms with van der Waals surface area (Å²) in [4.78, 5) is 24.4. The lowest BCUT2D eigenvalue weighted by atomic mass is 10.0. The number of nitrogens with one attached hydrogen (secondary N) is 1. The Bertz CT molecular complexity index is 1630. The molecule has 6 rings (SSSR count). The molecule has 0 saturated carbocycles. The molecule has 0 amide bonds. The van der Waals surface area contributed by atoms with Gasteiger partial charge in [-0.1, -0.05) is 11.6 Å². The fraction of sp³-hybridized carbons (Fsp3) is 0.130. The van der Waals surface area contributed by atoms with E-state index in [9.17, 15) is 9.18 Å². The molecule has 1 aromatic carbocycles. The van der Waals surface area contributed by atoms with Crippen LogP contribution in [0.2, 0.25) is 5.02 Å². The maximum atomic E-state index is 14.3. The van der Waals surface area contributed by atoms with E-state index in [2.05, 4.69) is 30.5 Å². The van der Waals surface area contributed by atoms with Crippen molar-refractivity contribution in [1.82, 2.24) is 39.7 Å². The maximum Gasteiger partial charge on any atom is 0.251 e. The van der Waals surface area contributed by atoms with Crippen molar-refractivity contribution in [2.75, 3.05) is 5.73 Å². The molecule has 0 saturated heterocycles. The number of aryl methyl sites for hydroxylation is 1. The molecule has 0 spiro atoms. The largest absolute Gasteiger partial charge is 0.384 e. The number of fused-ring (bicyclic) bond motifs is 1. The Hall–Kier alpha value is -4.38. The average Bonchev–Trinajstić information content (AvgIpc) is 3.59. The molecule has 35 heavy (non-hydrogen) atoms. The highest BCUT2D eigenvalue weighted by molar-refractivity contribution is 6.31. The van der Waals surface area contributed by atoms with E-state index in [1.54, 1.807) is 35.0 Å². The number of rotatable bonds is 4. The van der Waals surface area contributed by atoms with Gasteiger partial charge in [0.2, 0.25) is 5.95 Å². The number of halogens is 2. The summed E-state index contributed by atoms with van der Waals surface area (Å²) in [5, 5.41) is 11.9. The zero-order valence-electron chi connectivity index (χ0n) is 18.1. The summed E-state index contributed by atoms with van der Waals surface area (Å²) >= 11 is 6.27. The number of pyridine rings is 2. The van der Waals surface area contributed by atoms with Crippen molar-refractivity contribution in [1.29, 1.82) is 0 Å². The number of aromatic amines is 1. The molecule has 174 valence electrons. The molecule has 0 fully saturated rings. The summed E-state index contributed by atoms with van der Waals surface area (Å²) in [6.07, 6.45) is 4.48. The monoisotopic (exact) mass is 489 g/mol. The first-order valence-electron chi connectivity index (χ1n) is 10.7. The van der Waals surface area contributed by atoms with Crippen molar-refractivity contribution in [2.24, 2.45) is 0 Å². The summed E-state index contributed by atoms with van der Waals surface area (Å²) in [6.45, 7) is 0. The molecule has 10 nitrogen and oxygen atoms in total. The molecule has 5 aromatic rings. The number of imidazole rings is 1. The molecule has 0 bridgehead atoms. The second kappa shape index (κ2) is 8.13. The molecule has 1 atom stereocenters. The van der Waals surface area contributed by atoms with Crippen LogP contribution >= 0.6 is 11.6 Å². The summed E-state index contributed by atoms with van der Waals surface area (Å²) in [5.74, 6) is -0.291. The fourth-order valence-corrected chi connectivity index (χ4v) is 4.69. The van der Waals surface area contributed by atoms with Crippen molar-refractivity contribution in [2.45, 2.75) is 18.9 Å². The van der Waals surface area contributed by atoms with E-state index in [1.807, 2.05) is 6.07 Å². The SMILES string of the molecule is Nc1ccc(-c2ncc([C@@H]3CCc4cc(-c5cc(Cl)ccc5-n5cnnn5)cc(=O)n43)[nH]2)c(F)n1. The van der Waals surface area contributed by atoms with Gasteiger partial charge in [0.15, 0.2) is 0 Å². The molecule has 4 aromatic heterocycles. The number of nitrogen functional groups attached to an aromatic ring is 1. The number of hydrogen-bond donors (Lipinski definition) is 2. The predicted octanol–water partition coefficient (Wildman–Crippen LogP) is 3.19. The smallest absolute Gasteiger partial charge is 0.251 e. The van der Waals surface area contributed by atoms with Crippen LogP contribution in [0.3, 0.4) is 0 Å². The van der Waals surface area contributed by atoms with Crippen LogP contribution in [0.1, 0.15) is 23.9 Å². The molecular formula is C23H17ClFN9O. The standard InChI is InChI=1S/C23H17ClFN9O/c24-13-1-4-18(33-11-28-31-32-33)16(9-13)12-7-14-2-5-19(34(14)21(35)8-12)17-10-27-23(29-17)15-3-6-20(26)30-22(15)25/h1,3-4,6-11,19H,2,5H2,(H2,26,30)(H,27,29)/t19-/m0/s1. The Morgan fingerprint density at radius 3 is 2.83 bits per heavy atom. The molecule has 0 aliphatic carbocycles. The van der Waals surface area contributed by atoms with Crippen LogP contribution in [-0.4, -0.2) is 39.7 Å². The number of hydrogen-bond acceptors (Lipinski definition) is 7. The third-order valence-electron chi connectivity index (χ3n) is 6.08. The molecular weight excluding hydrogens is 473 g/mol. The van der Waals surface area contributed by atoms with Gasteiger partial charge in [0.1, 0.15) is 18.0 Å². The van der Waals surface area contributed by atoms with Gasteiger partial charge in [-0.2, -0.15) is 9.07 Å². The highest BCUT2D eigenvalue weighted by Gasteiger charge is 2.28. The normalized spacial score (nSPS) is 14.9. The highest BCUT2D eigenvalue weighted by atomic mass is 35.5. The van der Waals surface area contributed by atoms with E-state index < -0.39 is 5.95 Å². The summed E-state index contributed by atoms with van der Waals surface area (Å²) in [7, 11) is 0. The molecule has 5 heterocycles. The van der Waals surface area contributed by atoms with Crippen molar-refractivity contribution >= 4 is 17.4 Å². The second-order valence-corrected chi connectivity index (χ2v) is 8.61. The number of anilines is 1. The minimum atomic E-state index is -0.709. The van der Waals surface area contributed by atoms with Crippen LogP contribution in [0.4, 0.5) is 10.2 Å². The quantitative estimate of drug-likeness (QED) is 0.370. The summed E-state index contributed by atoms with van der Waals surface area (Å²) in [5.41, 5.74) is 9.33. The van der Waals surface area contributed by atoms with Gasteiger partial charge in [-0.05, 0) is 65.2 Å². The van der Waals surface area contributed by atoms with Crippen molar-refractivity contribution in [3.8, 4) is 28.2 Å². The number of tetrazole rings is 1. The predicted molar refractivity (Wildman–Crippen MR) is 127 cm³/mol. The minimum Gasteiger partial charge on any atom is -0.384 e. The van der Waals surface area contributed by atoms with Crippen LogP contribution in [0.25, 0.3) is 28.2 Å². The number of H-pyrrole nitrogens is 1. The third kappa shape index (κ3) is 3.66. The van der Waals surface area contributed by atoms with Crippen LogP contribution in [-0.2, 0) is 6.42 Å². The van der Waals surface area contributed by atoms with Gasteiger partial charge in [0.25, 0.3) is 5.56 Å². The average molecular weight is 490 g/mol. The van der Waals surface area contributed by atoms with Gasteiger partial charge >= 0.3 is 0 Å². The topological polar surface area (TPSA) is 133 Å². The zero-order chi connectivity index (χ0) is 24.1. The van der Waals surface area contributed by atoms with E-state index in [0.29, 0.717) is 35.1 Å². The van der Waals surface area contributed by atoms with Gasteiger partial charge < -0.3 is 15.3 Å². The maximum absolute atomic E-state index is 14.3. The summed E-state index contributed by atoms with van der Waals surface area (Å²) in [6, 6.07) is 11.7. The second-order valence-electron chi connectivity index (χ2n) is 8.18. The van der Waals surface area contributed by atoms with Crippen LogP contribution in [0.5, 0.6) is 0 Å². The van der Waals surface area contributed by atoms with Gasteiger partial charge in [-0.15, -0.1) is 5.10 Å². The Kier molecular flexibility index (Phi) is 4.92. The number of nitrogens with zero attached hydrogens (tertiary/aromatic N) is 7. The molecule has 12 heteroatoms. The van der Waals surface area contributed by atoms with Gasteiger partial charge in [-0.25, -0.2) is 9.97 Å². The lowest BCUT2D eigenvalue weighted by Gasteiger charge is -2.15. The Balaban J connectivity index is 1.39. The molecule has 3 N–H and O–H groups in total. The number of aromatic nitrogens is 8. The molecule has 1 aliphatic rings. The lowest BCUT2D eigenvalue weighted by Crippen LogP contribution is -2.23. The molecule has 0 unspecified atom stereocenters. The van der Waals surface area contributed by atoms with Crippen molar-refractivity contribution in [3.05, 3.63) is 87.7 Å². The van der Waals surface area contributed by atoms with Gasteiger partial charge in [-0.3, -0.25) is 4.79 Å². The van der Waals surface area contributed by atoms with E-state index in [0.717, 1.165) is 16.8 Å². The van der Waals surface area contributed by atoms with Gasteiger partial charge in [0, 0.05) is 22.3 Å². The Labute approximate surface area is 202 Å². The fourth-order valence-electron chi connectivity index (χ4n) is 4.52. The summed E-state index contributed by atoms with van der Waals surface area (Å²) < 4.78 is 17.5. The van der Waals surface area contributed by atoms with Crippen LogP contribution < -0.4 is 11.3 Å². The van der Waals surface area contributed by atoms with E-state index >= 15 is 0 Å². The highest BCUT2D eigenvalue weighted by Crippen LogP contribution is 2.34. The van der Waals surface area contributed by atoms with Crippen molar-refractivity contribution in [3.63, 3.8) is 0 Å². The van der Waals surface area contributed by atoms with E-state index in [4.69, 9.17) is 17.3 Å². The first-order chi connectivity index (χ1) is 17.0. The first kappa shape index (κ1) is 21.2. The van der Waals surface area contributed by atoms with E-state index in [-0.39, 0.29) is 23.0 Å². The third-order valence-corrected chi connectivity index (χ3v) is 6.31. The van der Waals surface area contributed by atoms with E-state index in [1.165, 1.54) is 23.1 Å². The molecule has 0 radical (unpaired) electrons. The number of benzene rings is 1. The van der Waals surface area contributed by atoms with Gasteiger partial charge in [0.05, 0.1) is 29.2 Å². The van der Waals surface area contributed by atoms with Crippen molar-refractivity contribution < 1.29 is 4.39 Å². The number of nitrogens with two attached hydrogens (primary N) is 1. The van der Waals surface area contributed by atoms with Crippen LogP contribution in [0, 0.1) is 5.95 Å². The Morgan fingerprint density at radius 2 is 2.03 bits per heavy atom. The molecule has 1 aliphatic heterocycles. The zero-order valence-corrected chi connectivity index (χ0v) is 18.8. The minimum absolute atomic E-state index is 0.0908.